The van der Waals surface area contributed by atoms with Crippen LogP contribution in [0.15, 0.2) is 48.5 Å². The van der Waals surface area contributed by atoms with Gasteiger partial charge in [0.1, 0.15) is 0 Å². The van der Waals surface area contributed by atoms with Gasteiger partial charge < -0.3 is 24.6 Å². The fraction of sp³-hybridized carbons (Fsp3) is 0.286. The Balaban J connectivity index is 0.00000280. The first-order valence-corrected chi connectivity index (χ1v) is 9.07. The zero-order valence-electron chi connectivity index (χ0n) is 15.9. The maximum atomic E-state index is 12.8. The van der Waals surface area contributed by atoms with Crippen LogP contribution in [0.25, 0.3) is 5.57 Å². The quantitative estimate of drug-likeness (QED) is 0.716. The summed E-state index contributed by atoms with van der Waals surface area (Å²) in [6.07, 6.45) is 1.66. The molecule has 1 aliphatic heterocycles. The summed E-state index contributed by atoms with van der Waals surface area (Å²) in [5.74, 6) is 1.20. The number of benzene rings is 2. The normalized spacial score (nSPS) is 14.2. The lowest BCUT2D eigenvalue weighted by Crippen LogP contribution is -2.39. The third kappa shape index (κ3) is 5.04. The van der Waals surface area contributed by atoms with E-state index in [4.69, 9.17) is 25.8 Å². The Kier molecular flexibility index (Phi) is 7.87. The number of carbonyl (C=O) groups excluding carboxylic acids is 1. The molecular weight excluding hydrogens is 382 g/mol. The molecule has 0 aliphatic carbocycles. The smallest absolute Gasteiger partial charge is 0.247 e. The molecule has 0 unspecified atom stereocenters. The number of rotatable bonds is 5. The average Bonchev–Trinajstić information content (AvgIpc) is 2.72. The van der Waals surface area contributed by atoms with Crippen molar-refractivity contribution in [3.63, 3.8) is 0 Å². The van der Waals surface area contributed by atoms with Crippen molar-refractivity contribution in [1.29, 1.82) is 0 Å². The Labute approximate surface area is 169 Å². The topological polar surface area (TPSA) is 79.5 Å². The molecule has 0 saturated carbocycles. The van der Waals surface area contributed by atoms with Crippen molar-refractivity contribution >= 4 is 23.1 Å². The highest BCUT2D eigenvalue weighted by Crippen LogP contribution is 2.33. The molecule has 2 aromatic carbocycles. The number of hydrogen-bond acceptors (Lipinski definition) is 4. The fourth-order valence-electron chi connectivity index (χ4n) is 2.97. The molecule has 2 aromatic rings. The molecule has 7 heteroatoms. The second kappa shape index (κ2) is 10.1. The summed E-state index contributed by atoms with van der Waals surface area (Å²) in [4.78, 5) is 14.6. The van der Waals surface area contributed by atoms with Crippen LogP contribution >= 0.6 is 11.6 Å². The second-order valence-electron chi connectivity index (χ2n) is 6.07. The van der Waals surface area contributed by atoms with Gasteiger partial charge in [-0.25, -0.2) is 0 Å². The monoisotopic (exact) mass is 405 g/mol. The van der Waals surface area contributed by atoms with E-state index in [1.807, 2.05) is 42.5 Å². The van der Waals surface area contributed by atoms with Gasteiger partial charge in [0.05, 0.1) is 27.4 Å². The predicted molar refractivity (Wildman–Crippen MR) is 109 cm³/mol. The van der Waals surface area contributed by atoms with Crippen LogP contribution in [0.5, 0.6) is 11.5 Å². The molecule has 0 radical (unpaired) electrons. The molecule has 0 atom stereocenters. The molecule has 1 saturated heterocycles. The third-order valence-corrected chi connectivity index (χ3v) is 4.69. The summed E-state index contributed by atoms with van der Waals surface area (Å²) >= 11 is 6.03. The van der Waals surface area contributed by atoms with E-state index in [0.717, 1.165) is 16.7 Å². The molecule has 0 aromatic heterocycles. The summed E-state index contributed by atoms with van der Waals surface area (Å²) in [7, 11) is 3.18. The minimum absolute atomic E-state index is 0. The highest BCUT2D eigenvalue weighted by Gasteiger charge is 2.17. The highest BCUT2D eigenvalue weighted by atomic mass is 35.5. The standard InChI is InChI=1S/C21H22ClNO4.H2O/c1-25-19-8-5-16(13-20(19)26-2)18(15-3-6-17(22)7-4-15)14-21(24)23-9-11-27-12-10-23;/h3-8,13-14H,9-12H2,1-2H3;1H2. The van der Waals surface area contributed by atoms with E-state index in [1.54, 1.807) is 25.2 Å². The van der Waals surface area contributed by atoms with E-state index in [-0.39, 0.29) is 11.4 Å². The van der Waals surface area contributed by atoms with E-state index in [2.05, 4.69) is 0 Å². The number of hydrogen-bond donors (Lipinski definition) is 0. The molecule has 150 valence electrons. The summed E-state index contributed by atoms with van der Waals surface area (Å²) in [5.41, 5.74) is 2.55. The summed E-state index contributed by atoms with van der Waals surface area (Å²) in [6, 6.07) is 13.0. The summed E-state index contributed by atoms with van der Waals surface area (Å²) in [5, 5.41) is 0.643. The van der Waals surface area contributed by atoms with Crippen LogP contribution in [0.2, 0.25) is 5.02 Å². The largest absolute Gasteiger partial charge is 0.493 e. The molecule has 0 spiro atoms. The van der Waals surface area contributed by atoms with E-state index in [0.29, 0.717) is 42.8 Å². The number of methoxy groups -OCH3 is 2. The molecular formula is C21H24ClNO5. The van der Waals surface area contributed by atoms with Crippen LogP contribution in [-0.2, 0) is 9.53 Å². The number of ether oxygens (including phenoxy) is 3. The number of carbonyl (C=O) groups is 1. The predicted octanol–water partition coefficient (Wildman–Crippen LogP) is 2.82. The van der Waals surface area contributed by atoms with Gasteiger partial charge in [-0.05, 0) is 41.0 Å². The minimum Gasteiger partial charge on any atom is -0.493 e. The first-order chi connectivity index (χ1) is 13.1. The van der Waals surface area contributed by atoms with Crippen LogP contribution in [0.1, 0.15) is 11.1 Å². The summed E-state index contributed by atoms with van der Waals surface area (Å²) in [6.45, 7) is 2.31. The van der Waals surface area contributed by atoms with Crippen LogP contribution in [0, 0.1) is 0 Å². The molecule has 3 rings (SSSR count). The zero-order chi connectivity index (χ0) is 19.2. The van der Waals surface area contributed by atoms with Gasteiger partial charge in [0, 0.05) is 24.2 Å². The van der Waals surface area contributed by atoms with Gasteiger partial charge in [-0.3, -0.25) is 4.79 Å². The van der Waals surface area contributed by atoms with Gasteiger partial charge >= 0.3 is 0 Å². The van der Waals surface area contributed by atoms with Crippen molar-refractivity contribution < 1.29 is 24.5 Å². The Morgan fingerprint density at radius 3 is 2.21 bits per heavy atom. The number of halogens is 1. The lowest BCUT2D eigenvalue weighted by molar-refractivity contribution is -0.129. The maximum absolute atomic E-state index is 12.8. The Bertz CT molecular complexity index is 829. The molecule has 1 aliphatic rings. The third-order valence-electron chi connectivity index (χ3n) is 4.44. The first kappa shape index (κ1) is 21.8. The van der Waals surface area contributed by atoms with Crippen molar-refractivity contribution in [2.45, 2.75) is 0 Å². The van der Waals surface area contributed by atoms with E-state index >= 15 is 0 Å². The first-order valence-electron chi connectivity index (χ1n) is 8.69. The molecule has 0 bridgehead atoms. The van der Waals surface area contributed by atoms with Crippen molar-refractivity contribution in [3.8, 4) is 11.5 Å². The molecule has 2 N–H and O–H groups in total. The Hall–Kier alpha value is -2.54. The second-order valence-corrected chi connectivity index (χ2v) is 6.51. The average molecular weight is 406 g/mol. The van der Waals surface area contributed by atoms with Gasteiger partial charge in [0.25, 0.3) is 0 Å². The van der Waals surface area contributed by atoms with Crippen molar-refractivity contribution in [2.75, 3.05) is 40.5 Å². The lowest BCUT2D eigenvalue weighted by Gasteiger charge is -2.26. The number of morpholine rings is 1. The van der Waals surface area contributed by atoms with E-state index in [9.17, 15) is 4.79 Å². The van der Waals surface area contributed by atoms with Crippen molar-refractivity contribution in [1.82, 2.24) is 4.90 Å². The van der Waals surface area contributed by atoms with E-state index < -0.39 is 0 Å². The van der Waals surface area contributed by atoms with Crippen LogP contribution < -0.4 is 9.47 Å². The van der Waals surface area contributed by atoms with Gasteiger partial charge in [-0.15, -0.1) is 0 Å². The minimum atomic E-state index is -0.0435. The number of nitrogens with zero attached hydrogens (tertiary/aromatic N) is 1. The molecule has 6 nitrogen and oxygen atoms in total. The highest BCUT2D eigenvalue weighted by molar-refractivity contribution is 6.30. The Morgan fingerprint density at radius 2 is 1.61 bits per heavy atom. The van der Waals surface area contributed by atoms with Crippen molar-refractivity contribution in [2.24, 2.45) is 0 Å². The SMILES string of the molecule is COc1ccc(C(=CC(=O)N2CCOCC2)c2ccc(Cl)cc2)cc1OC.O. The van der Waals surface area contributed by atoms with Crippen LogP contribution in [0.3, 0.4) is 0 Å². The maximum Gasteiger partial charge on any atom is 0.247 e. The molecule has 1 heterocycles. The fourth-order valence-corrected chi connectivity index (χ4v) is 3.09. The zero-order valence-corrected chi connectivity index (χ0v) is 16.7. The van der Waals surface area contributed by atoms with Crippen LogP contribution in [-0.4, -0.2) is 56.8 Å². The van der Waals surface area contributed by atoms with Crippen molar-refractivity contribution in [3.05, 3.63) is 64.7 Å². The van der Waals surface area contributed by atoms with Gasteiger partial charge in [0.15, 0.2) is 11.5 Å². The molecule has 1 amide bonds. The van der Waals surface area contributed by atoms with Crippen LogP contribution in [0.4, 0.5) is 0 Å². The van der Waals surface area contributed by atoms with Gasteiger partial charge in [-0.2, -0.15) is 0 Å². The molecule has 28 heavy (non-hydrogen) atoms. The van der Waals surface area contributed by atoms with Gasteiger partial charge in [-0.1, -0.05) is 29.8 Å². The lowest BCUT2D eigenvalue weighted by atomic mass is 9.96. The van der Waals surface area contributed by atoms with Gasteiger partial charge in [0.2, 0.25) is 5.91 Å². The van der Waals surface area contributed by atoms with E-state index in [1.165, 1.54) is 0 Å². The molecule has 1 fully saturated rings. The Morgan fingerprint density at radius 1 is 1.00 bits per heavy atom. The number of amides is 1. The summed E-state index contributed by atoms with van der Waals surface area (Å²) < 4.78 is 16.1.